The van der Waals surface area contributed by atoms with Gasteiger partial charge in [-0.1, -0.05) is 0 Å². The molecule has 0 aromatic carbocycles. The minimum atomic E-state index is -0.480. The Labute approximate surface area is 85.3 Å². The van der Waals surface area contributed by atoms with Crippen LogP contribution >= 0.6 is 11.9 Å². The number of hydrogen-bond acceptors (Lipinski definition) is 2. The number of halogens is 1. The topological polar surface area (TPSA) is 26.3 Å². The zero-order chi connectivity index (χ0) is 4.28. The maximum Gasteiger partial charge on any atom is 1.00 e. The van der Waals surface area contributed by atoms with Crippen molar-refractivity contribution in [1.82, 2.24) is 0 Å². The van der Waals surface area contributed by atoms with Gasteiger partial charge in [0, 0.05) is 6.92 Å². The van der Waals surface area contributed by atoms with E-state index in [1.54, 1.807) is 0 Å². The quantitative estimate of drug-likeness (QED) is 0.352. The minimum Gasteiger partial charge on any atom is -1.00 e. The van der Waals surface area contributed by atoms with E-state index < -0.39 is 5.97 Å². The molecule has 0 aromatic heterocycles. The molecule has 0 fully saturated rings. The molecule has 0 atom stereocenters. The summed E-state index contributed by atoms with van der Waals surface area (Å²) in [5, 5.41) is 0. The summed E-state index contributed by atoms with van der Waals surface area (Å²) in [6.45, 7) is 1.23. The van der Waals surface area contributed by atoms with Crippen molar-refractivity contribution in [1.29, 1.82) is 0 Å². The molecule has 32 valence electrons. The van der Waals surface area contributed by atoms with Crippen LogP contribution in [0.25, 0.3) is 0 Å². The fourth-order valence-electron chi connectivity index (χ4n) is 0. The third-order valence-electron chi connectivity index (χ3n) is 0.109. The van der Waals surface area contributed by atoms with Gasteiger partial charge in [-0.2, -0.15) is 0 Å². The first-order valence-corrected chi connectivity index (χ1v) is 1.37. The SMILES string of the molecule is CC(=O)OCl.[H-].[K+]. The molecule has 0 rings (SSSR count). The van der Waals surface area contributed by atoms with Gasteiger partial charge >= 0.3 is 57.4 Å². The fourth-order valence-corrected chi connectivity index (χ4v) is 0. The van der Waals surface area contributed by atoms with Gasteiger partial charge in [0.2, 0.25) is 0 Å². The molecule has 0 saturated carbocycles. The zero-order valence-corrected chi connectivity index (χ0v) is 7.57. The molecule has 0 aliphatic rings. The van der Waals surface area contributed by atoms with Crippen molar-refractivity contribution in [2.75, 3.05) is 0 Å². The molecule has 2 nitrogen and oxygen atoms in total. The van der Waals surface area contributed by atoms with Crippen molar-refractivity contribution in [3.63, 3.8) is 0 Å². The summed E-state index contributed by atoms with van der Waals surface area (Å²) in [4.78, 5) is 9.46. The number of carbonyl (C=O) groups is 1. The monoisotopic (exact) mass is 134 g/mol. The molecule has 0 radical (unpaired) electrons. The van der Waals surface area contributed by atoms with Gasteiger partial charge in [-0.25, -0.2) is 0 Å². The summed E-state index contributed by atoms with van der Waals surface area (Å²) in [7, 11) is 0. The smallest absolute Gasteiger partial charge is 1.00 e. The molecular formula is C2H4ClKO2. The summed E-state index contributed by atoms with van der Waals surface area (Å²) >= 11 is 4.49. The molecule has 0 N–H and O–H groups in total. The van der Waals surface area contributed by atoms with Crippen LogP contribution in [0.15, 0.2) is 0 Å². The third-order valence-corrected chi connectivity index (χ3v) is 0.326. The van der Waals surface area contributed by atoms with E-state index in [-0.39, 0.29) is 52.8 Å². The van der Waals surface area contributed by atoms with Gasteiger partial charge in [-0.15, -0.1) is 0 Å². The number of carbonyl (C=O) groups excluding carboxylic acids is 1. The second kappa shape index (κ2) is 6.40. The standard InChI is InChI=1S/C2H3ClO2.K.H/c1-2(4)5-3;;/h1H3;;/q;+1;-1. The first-order valence-electron chi connectivity index (χ1n) is 1.06. The molecule has 0 heterocycles. The van der Waals surface area contributed by atoms with Crippen LogP contribution < -0.4 is 51.4 Å². The van der Waals surface area contributed by atoms with Crippen LogP contribution in [-0.4, -0.2) is 5.97 Å². The Morgan fingerprint density at radius 1 is 2.00 bits per heavy atom. The minimum absolute atomic E-state index is 0. The van der Waals surface area contributed by atoms with Crippen molar-refractivity contribution in [3.8, 4) is 0 Å². The molecular weight excluding hydrogens is 131 g/mol. The Morgan fingerprint density at radius 3 is 2.17 bits per heavy atom. The Bertz CT molecular complexity index is 51.0. The molecule has 0 aromatic rings. The predicted octanol–water partition coefficient (Wildman–Crippen LogP) is -2.18. The Kier molecular flexibility index (Phi) is 11.1. The Morgan fingerprint density at radius 2 is 2.17 bits per heavy atom. The van der Waals surface area contributed by atoms with Crippen molar-refractivity contribution < 1.29 is 61.9 Å². The molecule has 0 saturated heterocycles. The first-order chi connectivity index (χ1) is 2.27. The van der Waals surface area contributed by atoms with Gasteiger partial charge in [0.25, 0.3) is 0 Å². The molecule has 0 unspecified atom stereocenters. The fraction of sp³-hybridized carbons (Fsp3) is 0.500. The van der Waals surface area contributed by atoms with Crippen molar-refractivity contribution in [2.24, 2.45) is 0 Å². The Hall–Kier alpha value is 1.40. The van der Waals surface area contributed by atoms with Crippen LogP contribution in [0, 0.1) is 0 Å². The first kappa shape index (κ1) is 10.4. The van der Waals surface area contributed by atoms with Crippen LogP contribution in [0.5, 0.6) is 0 Å². The normalized spacial score (nSPS) is 5.67. The van der Waals surface area contributed by atoms with Gasteiger partial charge in [0.1, 0.15) is 11.9 Å². The van der Waals surface area contributed by atoms with E-state index in [1.807, 2.05) is 0 Å². The molecule has 0 spiro atoms. The van der Waals surface area contributed by atoms with E-state index in [2.05, 4.69) is 16.2 Å². The van der Waals surface area contributed by atoms with E-state index in [1.165, 1.54) is 6.92 Å². The number of rotatable bonds is 0. The van der Waals surface area contributed by atoms with Crippen LogP contribution in [0.3, 0.4) is 0 Å². The molecule has 6 heavy (non-hydrogen) atoms. The molecule has 4 heteroatoms. The van der Waals surface area contributed by atoms with Crippen LogP contribution in [-0.2, 0) is 9.08 Å². The largest absolute Gasteiger partial charge is 1.00 e. The maximum absolute atomic E-state index is 9.46. The number of hydrogen-bond donors (Lipinski definition) is 0. The van der Waals surface area contributed by atoms with E-state index in [0.29, 0.717) is 0 Å². The third kappa shape index (κ3) is 9.04. The van der Waals surface area contributed by atoms with Crippen molar-refractivity contribution >= 4 is 17.8 Å². The van der Waals surface area contributed by atoms with E-state index >= 15 is 0 Å². The Balaban J connectivity index is -0.0000000800. The average molecular weight is 135 g/mol. The van der Waals surface area contributed by atoms with Gasteiger partial charge in [-0.3, -0.25) is 4.79 Å². The summed E-state index contributed by atoms with van der Waals surface area (Å²) < 4.78 is 3.58. The second-order valence-corrected chi connectivity index (χ2v) is 0.723. The summed E-state index contributed by atoms with van der Waals surface area (Å²) in [6.07, 6.45) is 0. The van der Waals surface area contributed by atoms with Crippen LogP contribution in [0.4, 0.5) is 0 Å². The van der Waals surface area contributed by atoms with Crippen molar-refractivity contribution in [3.05, 3.63) is 0 Å². The van der Waals surface area contributed by atoms with Crippen LogP contribution in [0.2, 0.25) is 0 Å². The predicted molar refractivity (Wildman–Crippen MR) is 18.7 cm³/mol. The van der Waals surface area contributed by atoms with E-state index in [9.17, 15) is 4.79 Å². The summed E-state index contributed by atoms with van der Waals surface area (Å²) in [6, 6.07) is 0. The van der Waals surface area contributed by atoms with Gasteiger partial charge < -0.3 is 5.72 Å². The van der Waals surface area contributed by atoms with Crippen LogP contribution in [0.1, 0.15) is 8.35 Å². The van der Waals surface area contributed by atoms with Gasteiger partial charge in [0.15, 0.2) is 0 Å². The van der Waals surface area contributed by atoms with E-state index in [0.717, 1.165) is 0 Å². The average Bonchev–Trinajstić information content (AvgIpc) is 1.38. The van der Waals surface area contributed by atoms with Gasteiger partial charge in [-0.05, 0) is 0 Å². The summed E-state index contributed by atoms with van der Waals surface area (Å²) in [5.41, 5.74) is 0. The molecule has 0 bridgehead atoms. The maximum atomic E-state index is 9.46. The molecule has 0 aliphatic carbocycles. The van der Waals surface area contributed by atoms with Gasteiger partial charge in [0.05, 0.1) is 0 Å². The second-order valence-electron chi connectivity index (χ2n) is 0.569. The molecule has 0 aliphatic heterocycles. The van der Waals surface area contributed by atoms with Crippen molar-refractivity contribution in [2.45, 2.75) is 6.92 Å². The zero-order valence-electron chi connectivity index (χ0n) is 4.69. The van der Waals surface area contributed by atoms with E-state index in [4.69, 9.17) is 0 Å². The summed E-state index contributed by atoms with van der Waals surface area (Å²) in [5.74, 6) is -0.480. The molecule has 0 amide bonds.